The average Bonchev–Trinajstić information content (AvgIpc) is 2.75. The van der Waals surface area contributed by atoms with Crippen LogP contribution in [0.15, 0.2) is 18.3 Å². The van der Waals surface area contributed by atoms with Gasteiger partial charge in [0.1, 0.15) is 5.15 Å². The first-order chi connectivity index (χ1) is 7.81. The molecule has 2 heterocycles. The van der Waals surface area contributed by atoms with Crippen LogP contribution in [-0.2, 0) is 0 Å². The molecule has 2 nitrogen and oxygen atoms in total. The molecule has 1 fully saturated rings. The third-order valence-corrected chi connectivity index (χ3v) is 3.52. The Morgan fingerprint density at radius 3 is 3.06 bits per heavy atom. The van der Waals surface area contributed by atoms with Crippen molar-refractivity contribution >= 4 is 11.6 Å². The molecule has 1 aliphatic heterocycles. The lowest BCUT2D eigenvalue weighted by atomic mass is 10.1. The van der Waals surface area contributed by atoms with Crippen LogP contribution in [-0.4, -0.2) is 23.0 Å². The van der Waals surface area contributed by atoms with Crippen molar-refractivity contribution < 1.29 is 0 Å². The fourth-order valence-corrected chi connectivity index (χ4v) is 2.53. The summed E-state index contributed by atoms with van der Waals surface area (Å²) in [5.74, 6) is 0. The minimum Gasteiger partial charge on any atom is -0.296 e. The number of likely N-dealkylation sites (tertiary alicyclic amines) is 1. The lowest BCUT2D eigenvalue weighted by molar-refractivity contribution is 0.253. The molecule has 0 aromatic carbocycles. The second kappa shape index (κ2) is 5.65. The summed E-state index contributed by atoms with van der Waals surface area (Å²) in [5.41, 5.74) is 1.32. The van der Waals surface area contributed by atoms with Gasteiger partial charge in [-0.15, -0.1) is 0 Å². The van der Waals surface area contributed by atoms with Gasteiger partial charge in [0.15, 0.2) is 0 Å². The molecule has 0 aliphatic carbocycles. The molecular weight excluding hydrogens is 220 g/mol. The van der Waals surface area contributed by atoms with Gasteiger partial charge in [-0.1, -0.05) is 31.0 Å². The van der Waals surface area contributed by atoms with Gasteiger partial charge in [0, 0.05) is 12.2 Å². The van der Waals surface area contributed by atoms with E-state index in [4.69, 9.17) is 11.6 Å². The highest BCUT2D eigenvalue weighted by molar-refractivity contribution is 6.29. The maximum absolute atomic E-state index is 5.81. The normalized spacial score (nSPS) is 21.5. The summed E-state index contributed by atoms with van der Waals surface area (Å²) >= 11 is 5.81. The van der Waals surface area contributed by atoms with Gasteiger partial charge in [-0.05, 0) is 44.0 Å². The van der Waals surface area contributed by atoms with Crippen LogP contribution >= 0.6 is 11.6 Å². The van der Waals surface area contributed by atoms with Crippen molar-refractivity contribution in [1.29, 1.82) is 0 Å². The Balaban J connectivity index is 2.04. The lowest BCUT2D eigenvalue weighted by Crippen LogP contribution is -2.24. The van der Waals surface area contributed by atoms with Crippen molar-refractivity contribution in [3.8, 4) is 0 Å². The highest BCUT2D eigenvalue weighted by Crippen LogP contribution is 2.31. The third kappa shape index (κ3) is 2.74. The number of hydrogen-bond donors (Lipinski definition) is 0. The first kappa shape index (κ1) is 11.9. The molecule has 1 aromatic heterocycles. The van der Waals surface area contributed by atoms with Crippen molar-refractivity contribution in [2.45, 2.75) is 38.6 Å². The summed E-state index contributed by atoms with van der Waals surface area (Å²) < 4.78 is 0. The Morgan fingerprint density at radius 2 is 2.38 bits per heavy atom. The van der Waals surface area contributed by atoms with Crippen molar-refractivity contribution in [2.75, 3.05) is 13.1 Å². The van der Waals surface area contributed by atoms with E-state index in [0.717, 1.165) is 0 Å². The molecular formula is C13H19ClN2. The van der Waals surface area contributed by atoms with E-state index in [2.05, 4.69) is 22.9 Å². The average molecular weight is 239 g/mol. The van der Waals surface area contributed by atoms with E-state index < -0.39 is 0 Å². The maximum Gasteiger partial charge on any atom is 0.129 e. The van der Waals surface area contributed by atoms with Crippen LogP contribution in [0.2, 0.25) is 5.15 Å². The second-order valence-corrected chi connectivity index (χ2v) is 4.85. The van der Waals surface area contributed by atoms with Crippen LogP contribution in [0, 0.1) is 0 Å². The summed E-state index contributed by atoms with van der Waals surface area (Å²) in [6.45, 7) is 4.69. The van der Waals surface area contributed by atoms with Crippen LogP contribution in [0.4, 0.5) is 0 Å². The minimum atomic E-state index is 0.566. The predicted molar refractivity (Wildman–Crippen MR) is 67.7 cm³/mol. The lowest BCUT2D eigenvalue weighted by Gasteiger charge is -2.24. The highest BCUT2D eigenvalue weighted by atomic mass is 35.5. The van der Waals surface area contributed by atoms with E-state index in [1.54, 1.807) is 0 Å². The zero-order valence-electron chi connectivity index (χ0n) is 9.82. The monoisotopic (exact) mass is 238 g/mol. The molecule has 1 aliphatic rings. The fraction of sp³-hybridized carbons (Fsp3) is 0.615. The number of rotatable bonds is 4. The number of halogens is 1. The summed E-state index contributed by atoms with van der Waals surface area (Å²) in [6, 6.07) is 4.58. The molecule has 2 rings (SSSR count). The number of aromatic nitrogens is 1. The number of unbranched alkanes of at least 4 members (excludes halogenated alkanes) is 1. The Hall–Kier alpha value is -0.600. The first-order valence-electron chi connectivity index (χ1n) is 6.16. The largest absolute Gasteiger partial charge is 0.296 e. The smallest absolute Gasteiger partial charge is 0.129 e. The van der Waals surface area contributed by atoms with E-state index >= 15 is 0 Å². The topological polar surface area (TPSA) is 16.1 Å². The Morgan fingerprint density at radius 1 is 1.50 bits per heavy atom. The van der Waals surface area contributed by atoms with Crippen molar-refractivity contribution in [3.63, 3.8) is 0 Å². The van der Waals surface area contributed by atoms with Gasteiger partial charge in [0.2, 0.25) is 0 Å². The molecule has 88 valence electrons. The van der Waals surface area contributed by atoms with Crippen molar-refractivity contribution in [2.24, 2.45) is 0 Å². The molecule has 0 bridgehead atoms. The van der Waals surface area contributed by atoms with Gasteiger partial charge in [0.05, 0.1) is 0 Å². The van der Waals surface area contributed by atoms with Gasteiger partial charge in [-0.3, -0.25) is 4.90 Å². The molecule has 1 saturated heterocycles. The third-order valence-electron chi connectivity index (χ3n) is 3.30. The fourth-order valence-electron chi connectivity index (χ4n) is 2.42. The van der Waals surface area contributed by atoms with Crippen LogP contribution in [0.1, 0.15) is 44.2 Å². The number of pyridine rings is 1. The minimum absolute atomic E-state index is 0.566. The predicted octanol–water partition coefficient (Wildman–Crippen LogP) is 3.67. The van der Waals surface area contributed by atoms with E-state index in [1.165, 1.54) is 44.3 Å². The molecule has 0 radical (unpaired) electrons. The Kier molecular flexibility index (Phi) is 4.19. The van der Waals surface area contributed by atoms with Crippen LogP contribution in [0.25, 0.3) is 0 Å². The summed E-state index contributed by atoms with van der Waals surface area (Å²) in [6.07, 6.45) is 7.04. The van der Waals surface area contributed by atoms with Gasteiger partial charge >= 0.3 is 0 Å². The molecule has 3 heteroatoms. The Labute approximate surface area is 103 Å². The van der Waals surface area contributed by atoms with Crippen LogP contribution < -0.4 is 0 Å². The van der Waals surface area contributed by atoms with Gasteiger partial charge in [0.25, 0.3) is 0 Å². The first-order valence-corrected chi connectivity index (χ1v) is 6.54. The summed E-state index contributed by atoms with van der Waals surface area (Å²) in [7, 11) is 0. The molecule has 0 N–H and O–H groups in total. The van der Waals surface area contributed by atoms with Crippen LogP contribution in [0.3, 0.4) is 0 Å². The van der Waals surface area contributed by atoms with Crippen molar-refractivity contribution in [1.82, 2.24) is 9.88 Å². The standard InChI is InChI=1S/C13H19ClN2/c1-2-3-8-16-9-4-5-12(16)11-6-7-13(14)15-10-11/h6-7,10,12H,2-5,8-9H2,1H3/t12-/m1/s1. The van der Waals surface area contributed by atoms with Gasteiger partial charge < -0.3 is 0 Å². The van der Waals surface area contributed by atoms with Crippen molar-refractivity contribution in [3.05, 3.63) is 29.0 Å². The molecule has 1 aromatic rings. The molecule has 0 unspecified atom stereocenters. The van der Waals surface area contributed by atoms with Gasteiger partial charge in [-0.2, -0.15) is 0 Å². The van der Waals surface area contributed by atoms with E-state index in [-0.39, 0.29) is 0 Å². The molecule has 16 heavy (non-hydrogen) atoms. The molecule has 0 amide bonds. The molecule has 0 spiro atoms. The second-order valence-electron chi connectivity index (χ2n) is 4.46. The molecule has 0 saturated carbocycles. The van der Waals surface area contributed by atoms with E-state index in [1.807, 2.05) is 12.3 Å². The number of hydrogen-bond acceptors (Lipinski definition) is 2. The number of nitrogens with zero attached hydrogens (tertiary/aromatic N) is 2. The quantitative estimate of drug-likeness (QED) is 0.744. The van der Waals surface area contributed by atoms with Crippen LogP contribution in [0.5, 0.6) is 0 Å². The Bertz CT molecular complexity index is 323. The summed E-state index contributed by atoms with van der Waals surface area (Å²) in [5, 5.41) is 0.585. The SMILES string of the molecule is CCCCN1CCC[C@@H]1c1ccc(Cl)nc1. The summed E-state index contributed by atoms with van der Waals surface area (Å²) in [4.78, 5) is 6.75. The highest BCUT2D eigenvalue weighted by Gasteiger charge is 2.25. The zero-order chi connectivity index (χ0) is 11.4. The van der Waals surface area contributed by atoms with E-state index in [9.17, 15) is 0 Å². The zero-order valence-corrected chi connectivity index (χ0v) is 10.6. The maximum atomic E-state index is 5.81. The molecule has 1 atom stereocenters. The van der Waals surface area contributed by atoms with E-state index in [0.29, 0.717) is 11.2 Å². The van der Waals surface area contributed by atoms with Gasteiger partial charge in [-0.25, -0.2) is 4.98 Å².